The van der Waals surface area contributed by atoms with Crippen LogP contribution in [0.4, 0.5) is 0 Å². The fraction of sp³-hybridized carbons (Fsp3) is 0.286. The molecule has 2 rings (SSSR count). The summed E-state index contributed by atoms with van der Waals surface area (Å²) in [6, 6.07) is 1.44. The summed E-state index contributed by atoms with van der Waals surface area (Å²) < 4.78 is 0. The van der Waals surface area contributed by atoms with Crippen molar-refractivity contribution in [3.63, 3.8) is 0 Å². The fourth-order valence-electron chi connectivity index (χ4n) is 1.46. The summed E-state index contributed by atoms with van der Waals surface area (Å²) in [6.07, 6.45) is 6.69. The van der Waals surface area contributed by atoms with Crippen molar-refractivity contribution in [1.82, 2.24) is 15.0 Å². The number of aromatic nitrogens is 3. The van der Waals surface area contributed by atoms with E-state index in [0.29, 0.717) is 5.69 Å². The number of carbonyl (C=O) groups is 1. The molecule has 0 bridgehead atoms. The highest BCUT2D eigenvalue weighted by Crippen LogP contribution is 2.27. The van der Waals surface area contributed by atoms with Crippen LogP contribution < -0.4 is 0 Å². The maximum atomic E-state index is 10.8. The van der Waals surface area contributed by atoms with Crippen molar-refractivity contribution < 1.29 is 9.90 Å². The monoisotopic (exact) mass is 289 g/mol. The average Bonchev–Trinajstić information content (AvgIpc) is 2.85. The Bertz CT molecular complexity index is 656. The Kier molecular flexibility index (Phi) is 3.94. The molecule has 1 N–H and O–H groups in total. The smallest absolute Gasteiger partial charge is 0.354 e. The van der Waals surface area contributed by atoms with Gasteiger partial charge in [0.1, 0.15) is 6.33 Å². The molecule has 0 radical (unpaired) electrons. The third-order valence-electron chi connectivity index (χ3n) is 2.49. The minimum atomic E-state index is -1.06. The van der Waals surface area contributed by atoms with E-state index in [1.54, 1.807) is 23.6 Å². The average molecular weight is 289 g/mol. The Morgan fingerprint density at radius 3 is 2.60 bits per heavy atom. The third kappa shape index (κ3) is 3.48. The predicted octanol–water partition coefficient (Wildman–Crippen LogP) is 3.10. The van der Waals surface area contributed by atoms with Gasteiger partial charge in [0, 0.05) is 16.5 Å². The maximum absolute atomic E-state index is 10.8. The SMILES string of the molecule is CC(C)(C)c1ncc(/C=C/c2cc(C(=O)O)ncn2)s1. The molecule has 0 saturated heterocycles. The number of carboxylic acid groups (broad SMARTS) is 1. The van der Waals surface area contributed by atoms with Crippen molar-refractivity contribution >= 4 is 29.5 Å². The van der Waals surface area contributed by atoms with Gasteiger partial charge < -0.3 is 5.11 Å². The number of hydrogen-bond donors (Lipinski definition) is 1. The summed E-state index contributed by atoms with van der Waals surface area (Å²) in [5.74, 6) is -1.06. The zero-order chi connectivity index (χ0) is 14.8. The topological polar surface area (TPSA) is 76.0 Å². The number of carboxylic acids is 1. The molecule has 5 nitrogen and oxygen atoms in total. The van der Waals surface area contributed by atoms with Crippen molar-refractivity contribution in [2.75, 3.05) is 0 Å². The van der Waals surface area contributed by atoms with Crippen LogP contribution >= 0.6 is 11.3 Å². The van der Waals surface area contributed by atoms with E-state index < -0.39 is 5.97 Å². The van der Waals surface area contributed by atoms with E-state index in [9.17, 15) is 4.79 Å². The summed E-state index contributed by atoms with van der Waals surface area (Å²) in [5, 5.41) is 9.93. The lowest BCUT2D eigenvalue weighted by Gasteiger charge is -2.13. The molecule has 2 aromatic heterocycles. The van der Waals surface area contributed by atoms with Gasteiger partial charge in [0.05, 0.1) is 10.7 Å². The van der Waals surface area contributed by atoms with Crippen LogP contribution in [-0.2, 0) is 5.41 Å². The lowest BCUT2D eigenvalue weighted by atomic mass is 9.98. The van der Waals surface area contributed by atoms with Crippen LogP contribution in [-0.4, -0.2) is 26.0 Å². The van der Waals surface area contributed by atoms with E-state index in [1.807, 2.05) is 6.08 Å². The van der Waals surface area contributed by atoms with Gasteiger partial charge in [-0.25, -0.2) is 19.7 Å². The molecule has 0 amide bonds. The second-order valence-electron chi connectivity index (χ2n) is 5.28. The van der Waals surface area contributed by atoms with Crippen LogP contribution in [0.2, 0.25) is 0 Å². The molecule has 104 valence electrons. The first-order chi connectivity index (χ1) is 9.36. The number of nitrogens with zero attached hydrogens (tertiary/aromatic N) is 3. The van der Waals surface area contributed by atoms with E-state index in [1.165, 1.54) is 12.4 Å². The summed E-state index contributed by atoms with van der Waals surface area (Å²) in [4.78, 5) is 23.9. The largest absolute Gasteiger partial charge is 0.477 e. The molecule has 0 saturated carbocycles. The Hall–Kier alpha value is -2.08. The lowest BCUT2D eigenvalue weighted by molar-refractivity contribution is 0.0690. The zero-order valence-corrected chi connectivity index (χ0v) is 12.3. The Balaban J connectivity index is 2.19. The van der Waals surface area contributed by atoms with Crippen molar-refractivity contribution in [1.29, 1.82) is 0 Å². The number of rotatable bonds is 3. The van der Waals surface area contributed by atoms with E-state index in [4.69, 9.17) is 5.11 Å². The van der Waals surface area contributed by atoms with Gasteiger partial charge >= 0.3 is 5.97 Å². The van der Waals surface area contributed by atoms with Gasteiger partial charge in [0.15, 0.2) is 5.69 Å². The Morgan fingerprint density at radius 1 is 1.25 bits per heavy atom. The minimum Gasteiger partial charge on any atom is -0.477 e. The summed E-state index contributed by atoms with van der Waals surface area (Å²) in [5.41, 5.74) is 0.574. The number of hydrogen-bond acceptors (Lipinski definition) is 5. The number of aromatic carboxylic acids is 1. The highest BCUT2D eigenvalue weighted by Gasteiger charge is 2.17. The van der Waals surface area contributed by atoms with E-state index in [2.05, 4.69) is 35.7 Å². The molecule has 0 atom stereocenters. The molecule has 0 aliphatic heterocycles. The zero-order valence-electron chi connectivity index (χ0n) is 11.5. The molecule has 2 aromatic rings. The maximum Gasteiger partial charge on any atom is 0.354 e. The normalized spacial score (nSPS) is 11.9. The predicted molar refractivity (Wildman–Crippen MR) is 78.7 cm³/mol. The summed E-state index contributed by atoms with van der Waals surface area (Å²) in [6.45, 7) is 6.34. The van der Waals surface area contributed by atoms with Gasteiger partial charge in [-0.05, 0) is 18.2 Å². The lowest BCUT2D eigenvalue weighted by Crippen LogP contribution is -2.09. The Labute approximate surface area is 121 Å². The quantitative estimate of drug-likeness (QED) is 0.939. The molecule has 0 aliphatic rings. The molecule has 0 fully saturated rings. The molecule has 0 spiro atoms. The van der Waals surface area contributed by atoms with Gasteiger partial charge in [-0.1, -0.05) is 20.8 Å². The van der Waals surface area contributed by atoms with E-state index in [-0.39, 0.29) is 11.1 Å². The van der Waals surface area contributed by atoms with E-state index >= 15 is 0 Å². The van der Waals surface area contributed by atoms with E-state index in [0.717, 1.165) is 9.88 Å². The fourth-order valence-corrected chi connectivity index (χ4v) is 2.33. The third-order valence-corrected chi connectivity index (χ3v) is 3.88. The van der Waals surface area contributed by atoms with Crippen LogP contribution in [0.5, 0.6) is 0 Å². The van der Waals surface area contributed by atoms with Crippen LogP contribution in [0.15, 0.2) is 18.6 Å². The van der Waals surface area contributed by atoms with Crippen LogP contribution in [0, 0.1) is 0 Å². The first-order valence-electron chi connectivity index (χ1n) is 6.06. The van der Waals surface area contributed by atoms with Gasteiger partial charge in [0.25, 0.3) is 0 Å². The van der Waals surface area contributed by atoms with Crippen molar-refractivity contribution in [2.45, 2.75) is 26.2 Å². The first-order valence-corrected chi connectivity index (χ1v) is 6.87. The molecule has 0 aromatic carbocycles. The second kappa shape index (κ2) is 5.50. The van der Waals surface area contributed by atoms with Gasteiger partial charge in [-0.15, -0.1) is 11.3 Å². The van der Waals surface area contributed by atoms with Gasteiger partial charge in [0.2, 0.25) is 0 Å². The highest BCUT2D eigenvalue weighted by atomic mass is 32.1. The van der Waals surface area contributed by atoms with Crippen LogP contribution in [0.3, 0.4) is 0 Å². The molecule has 6 heteroatoms. The van der Waals surface area contributed by atoms with Gasteiger partial charge in [-0.3, -0.25) is 0 Å². The molecular weight excluding hydrogens is 274 g/mol. The van der Waals surface area contributed by atoms with Crippen molar-refractivity contribution in [3.8, 4) is 0 Å². The second-order valence-corrected chi connectivity index (χ2v) is 6.35. The van der Waals surface area contributed by atoms with Crippen LogP contribution in [0.1, 0.15) is 46.8 Å². The standard InChI is InChI=1S/C14H15N3O2S/c1-14(2,3)13-15-7-10(20-13)5-4-9-6-11(12(18)19)17-8-16-9/h4-8H,1-3H3,(H,18,19)/b5-4+. The molecule has 0 aliphatic carbocycles. The van der Waals surface area contributed by atoms with Crippen molar-refractivity contribution in [2.24, 2.45) is 0 Å². The minimum absolute atomic E-state index is 0.0145. The molecule has 0 unspecified atom stereocenters. The summed E-state index contributed by atoms with van der Waals surface area (Å²) in [7, 11) is 0. The highest BCUT2D eigenvalue weighted by molar-refractivity contribution is 7.12. The van der Waals surface area contributed by atoms with Crippen molar-refractivity contribution in [3.05, 3.63) is 39.9 Å². The summed E-state index contributed by atoms with van der Waals surface area (Å²) >= 11 is 1.61. The first kappa shape index (κ1) is 14.3. The molecule has 2 heterocycles. The van der Waals surface area contributed by atoms with Crippen LogP contribution in [0.25, 0.3) is 12.2 Å². The Morgan fingerprint density at radius 2 is 2.00 bits per heavy atom. The van der Waals surface area contributed by atoms with Gasteiger partial charge in [-0.2, -0.15) is 0 Å². The molecular formula is C14H15N3O2S. The number of thiazole rings is 1. The molecule has 20 heavy (non-hydrogen) atoms.